The van der Waals surface area contributed by atoms with E-state index in [2.05, 4.69) is 17.2 Å². The highest BCUT2D eigenvalue weighted by atomic mass is 35.5. The van der Waals surface area contributed by atoms with Crippen LogP contribution in [0.25, 0.3) is 11.5 Å². The van der Waals surface area contributed by atoms with Gasteiger partial charge in [0, 0.05) is 23.2 Å². The zero-order chi connectivity index (χ0) is 15.4. The van der Waals surface area contributed by atoms with Crippen molar-refractivity contribution >= 4 is 11.6 Å². The van der Waals surface area contributed by atoms with Gasteiger partial charge < -0.3 is 9.73 Å². The summed E-state index contributed by atoms with van der Waals surface area (Å²) in [5.41, 5.74) is 1.91. The van der Waals surface area contributed by atoms with E-state index >= 15 is 0 Å². The summed E-state index contributed by atoms with van der Waals surface area (Å²) in [4.78, 5) is 4.56. The van der Waals surface area contributed by atoms with Crippen LogP contribution in [0.1, 0.15) is 44.7 Å². The minimum atomic E-state index is 0.538. The normalized spacial score (nSPS) is 17.5. The van der Waals surface area contributed by atoms with Crippen LogP contribution in [-0.4, -0.2) is 11.0 Å². The van der Waals surface area contributed by atoms with Crippen LogP contribution in [0.3, 0.4) is 0 Å². The van der Waals surface area contributed by atoms with Gasteiger partial charge in [-0.25, -0.2) is 4.98 Å². The Morgan fingerprint density at radius 1 is 1.23 bits per heavy atom. The number of hydrogen-bond acceptors (Lipinski definition) is 3. The van der Waals surface area contributed by atoms with E-state index in [-0.39, 0.29) is 0 Å². The second kappa shape index (κ2) is 7.30. The largest absolute Gasteiger partial charge is 0.444 e. The fourth-order valence-electron chi connectivity index (χ4n) is 3.18. The predicted molar refractivity (Wildman–Crippen MR) is 89.8 cm³/mol. The van der Waals surface area contributed by atoms with Crippen molar-refractivity contribution in [3.05, 3.63) is 41.2 Å². The van der Waals surface area contributed by atoms with Crippen molar-refractivity contribution < 1.29 is 4.42 Å². The van der Waals surface area contributed by atoms with Gasteiger partial charge in [-0.15, -0.1) is 0 Å². The van der Waals surface area contributed by atoms with Gasteiger partial charge in [-0.05, 0) is 49.9 Å². The lowest BCUT2D eigenvalue weighted by atomic mass is 9.84. The van der Waals surface area contributed by atoms with Gasteiger partial charge in [-0.3, -0.25) is 0 Å². The van der Waals surface area contributed by atoms with Crippen LogP contribution in [-0.2, 0) is 6.54 Å². The Bertz CT molecular complexity index is 587. The predicted octanol–water partition coefficient (Wildman–Crippen LogP) is 5.05. The molecular formula is C18H23ClN2O. The third-order valence-electron chi connectivity index (χ3n) is 4.61. The van der Waals surface area contributed by atoms with E-state index in [4.69, 9.17) is 16.0 Å². The summed E-state index contributed by atoms with van der Waals surface area (Å²) >= 11 is 5.90. The molecule has 0 unspecified atom stereocenters. The van der Waals surface area contributed by atoms with Crippen molar-refractivity contribution in [2.24, 2.45) is 5.92 Å². The number of oxazole rings is 1. The second-order valence-corrected chi connectivity index (χ2v) is 6.65. The van der Waals surface area contributed by atoms with Crippen LogP contribution < -0.4 is 5.32 Å². The van der Waals surface area contributed by atoms with Crippen LogP contribution >= 0.6 is 11.6 Å². The first kappa shape index (κ1) is 15.6. The fraction of sp³-hybridized carbons (Fsp3) is 0.500. The van der Waals surface area contributed by atoms with E-state index < -0.39 is 0 Å². The van der Waals surface area contributed by atoms with Crippen molar-refractivity contribution in [2.45, 2.75) is 51.6 Å². The Kier molecular flexibility index (Phi) is 5.16. The summed E-state index contributed by atoms with van der Waals surface area (Å²) in [6, 6.07) is 8.09. The number of aromatic nitrogens is 1. The van der Waals surface area contributed by atoms with Gasteiger partial charge in [0.05, 0.1) is 5.69 Å². The van der Waals surface area contributed by atoms with E-state index in [0.717, 1.165) is 28.7 Å². The maximum atomic E-state index is 5.90. The maximum Gasteiger partial charge on any atom is 0.226 e. The first-order valence-corrected chi connectivity index (χ1v) is 8.54. The molecule has 1 aliphatic carbocycles. The molecule has 3 nitrogen and oxygen atoms in total. The zero-order valence-corrected chi connectivity index (χ0v) is 13.8. The quantitative estimate of drug-likeness (QED) is 0.838. The lowest BCUT2D eigenvalue weighted by Crippen LogP contribution is -2.34. The van der Waals surface area contributed by atoms with Crippen molar-refractivity contribution in [3.8, 4) is 11.5 Å². The number of nitrogens with one attached hydrogen (secondary N) is 1. The molecule has 118 valence electrons. The third-order valence-corrected chi connectivity index (χ3v) is 4.86. The molecule has 0 aliphatic heterocycles. The number of nitrogens with zero attached hydrogens (tertiary/aromatic N) is 1. The van der Waals surface area contributed by atoms with E-state index in [9.17, 15) is 0 Å². The molecule has 1 aliphatic rings. The molecule has 0 amide bonds. The fourth-order valence-corrected chi connectivity index (χ4v) is 3.31. The minimum absolute atomic E-state index is 0.538. The van der Waals surface area contributed by atoms with E-state index in [1.54, 1.807) is 6.26 Å². The lowest BCUT2D eigenvalue weighted by molar-refractivity contribution is 0.280. The Morgan fingerprint density at radius 3 is 2.68 bits per heavy atom. The average Bonchev–Trinajstić information content (AvgIpc) is 3.03. The van der Waals surface area contributed by atoms with Gasteiger partial charge in [-0.1, -0.05) is 30.9 Å². The van der Waals surface area contributed by atoms with Gasteiger partial charge in [-0.2, -0.15) is 0 Å². The summed E-state index contributed by atoms with van der Waals surface area (Å²) in [6.45, 7) is 3.05. The number of benzene rings is 1. The van der Waals surface area contributed by atoms with Crippen LogP contribution in [0.2, 0.25) is 5.02 Å². The average molecular weight is 319 g/mol. The zero-order valence-electron chi connectivity index (χ0n) is 13.0. The summed E-state index contributed by atoms with van der Waals surface area (Å²) in [5.74, 6) is 1.45. The van der Waals surface area contributed by atoms with Gasteiger partial charge in [0.15, 0.2) is 0 Å². The lowest BCUT2D eigenvalue weighted by Gasteiger charge is -2.28. The van der Waals surface area contributed by atoms with E-state index in [0.29, 0.717) is 11.9 Å². The molecule has 0 spiro atoms. The molecule has 1 N–H and O–H groups in total. The summed E-state index contributed by atoms with van der Waals surface area (Å²) in [5, 5.41) is 4.32. The summed E-state index contributed by atoms with van der Waals surface area (Å²) in [7, 11) is 0. The number of rotatable bonds is 5. The molecule has 1 fully saturated rings. The molecular weight excluding hydrogens is 296 g/mol. The van der Waals surface area contributed by atoms with Gasteiger partial charge in [0.1, 0.15) is 6.26 Å². The Hall–Kier alpha value is -1.32. The molecule has 22 heavy (non-hydrogen) atoms. The van der Waals surface area contributed by atoms with Crippen molar-refractivity contribution in [3.63, 3.8) is 0 Å². The Labute approximate surface area is 137 Å². The molecule has 2 aromatic rings. The summed E-state index contributed by atoms with van der Waals surface area (Å²) in [6.07, 6.45) is 8.59. The molecule has 0 bridgehead atoms. The molecule has 0 saturated heterocycles. The highest BCUT2D eigenvalue weighted by Gasteiger charge is 2.19. The van der Waals surface area contributed by atoms with Crippen molar-refractivity contribution in [1.82, 2.24) is 10.3 Å². The Morgan fingerprint density at radius 2 is 1.95 bits per heavy atom. The highest BCUT2D eigenvalue weighted by molar-refractivity contribution is 6.30. The van der Waals surface area contributed by atoms with Crippen LogP contribution in [0.15, 0.2) is 34.9 Å². The van der Waals surface area contributed by atoms with Crippen LogP contribution in [0.4, 0.5) is 0 Å². The molecule has 3 rings (SSSR count). The number of hydrogen-bond donors (Lipinski definition) is 1. The molecule has 1 atom stereocenters. The topological polar surface area (TPSA) is 38.1 Å². The van der Waals surface area contributed by atoms with Gasteiger partial charge in [0.2, 0.25) is 5.89 Å². The number of halogens is 1. The summed E-state index contributed by atoms with van der Waals surface area (Å²) < 4.78 is 5.57. The molecule has 1 saturated carbocycles. The third kappa shape index (κ3) is 3.90. The molecule has 0 radical (unpaired) electrons. The minimum Gasteiger partial charge on any atom is -0.444 e. The van der Waals surface area contributed by atoms with Gasteiger partial charge in [0.25, 0.3) is 0 Å². The highest BCUT2D eigenvalue weighted by Crippen LogP contribution is 2.26. The first-order chi connectivity index (χ1) is 10.7. The second-order valence-electron chi connectivity index (χ2n) is 6.22. The van der Waals surface area contributed by atoms with Crippen LogP contribution in [0.5, 0.6) is 0 Å². The first-order valence-electron chi connectivity index (χ1n) is 8.16. The van der Waals surface area contributed by atoms with Crippen molar-refractivity contribution in [1.29, 1.82) is 0 Å². The molecule has 4 heteroatoms. The van der Waals surface area contributed by atoms with E-state index in [1.165, 1.54) is 32.1 Å². The van der Waals surface area contributed by atoms with Crippen molar-refractivity contribution in [2.75, 3.05) is 0 Å². The van der Waals surface area contributed by atoms with Crippen LogP contribution in [0, 0.1) is 5.92 Å². The van der Waals surface area contributed by atoms with Gasteiger partial charge >= 0.3 is 0 Å². The standard InChI is InChI=1S/C18H23ClN2O/c1-13(14-5-3-2-4-6-14)20-11-17-12-22-18(21-17)15-7-9-16(19)10-8-15/h7-10,12-14,20H,2-6,11H2,1H3/t13-/m0/s1. The Balaban J connectivity index is 1.56. The smallest absolute Gasteiger partial charge is 0.226 e. The monoisotopic (exact) mass is 318 g/mol. The molecule has 1 aromatic heterocycles. The SMILES string of the molecule is C[C@H](NCc1coc(-c2ccc(Cl)cc2)n1)C1CCCCC1. The molecule has 1 aromatic carbocycles. The molecule has 1 heterocycles. The van der Waals surface area contributed by atoms with E-state index in [1.807, 2.05) is 24.3 Å². The maximum absolute atomic E-state index is 5.90.